The van der Waals surface area contributed by atoms with Crippen molar-refractivity contribution >= 4 is 11.8 Å². The van der Waals surface area contributed by atoms with Crippen LogP contribution in [0.2, 0.25) is 0 Å². The lowest BCUT2D eigenvalue weighted by atomic mass is 10.2. The molecule has 0 spiro atoms. The van der Waals surface area contributed by atoms with Gasteiger partial charge in [-0.25, -0.2) is 0 Å². The fraction of sp³-hybridized carbons (Fsp3) is 0.263. The van der Waals surface area contributed by atoms with Crippen LogP contribution < -0.4 is 0 Å². The van der Waals surface area contributed by atoms with Crippen molar-refractivity contribution in [3.8, 4) is 0 Å². The first-order valence-corrected chi connectivity index (χ1v) is 7.72. The second kappa shape index (κ2) is 7.20. The molecular formula is C19H19NO3. The number of nitrogens with zero attached hydrogens (tertiary/aromatic N) is 1. The molecule has 118 valence electrons. The molecule has 2 aromatic carbocycles. The lowest BCUT2D eigenvalue weighted by Gasteiger charge is -2.22. The van der Waals surface area contributed by atoms with E-state index < -0.39 is 6.04 Å². The maximum Gasteiger partial charge on any atom is 0.324 e. The SMILES string of the molecule is O=C1C[C@@H](C(=O)OCc2ccccc2)N(Cc2ccccc2)C1. The van der Waals surface area contributed by atoms with Crippen LogP contribution in [0.4, 0.5) is 0 Å². The van der Waals surface area contributed by atoms with Crippen LogP contribution in [0, 0.1) is 0 Å². The van der Waals surface area contributed by atoms with Gasteiger partial charge in [0.05, 0.1) is 6.54 Å². The topological polar surface area (TPSA) is 46.6 Å². The van der Waals surface area contributed by atoms with Gasteiger partial charge >= 0.3 is 5.97 Å². The molecule has 1 fully saturated rings. The largest absolute Gasteiger partial charge is 0.460 e. The van der Waals surface area contributed by atoms with Crippen molar-refractivity contribution in [2.75, 3.05) is 6.54 Å². The zero-order valence-electron chi connectivity index (χ0n) is 12.9. The van der Waals surface area contributed by atoms with E-state index in [-0.39, 0.29) is 24.8 Å². The average Bonchev–Trinajstić information content (AvgIpc) is 2.95. The minimum absolute atomic E-state index is 0.0857. The van der Waals surface area contributed by atoms with Crippen LogP contribution in [0.15, 0.2) is 60.7 Å². The minimum atomic E-state index is -0.480. The van der Waals surface area contributed by atoms with Crippen molar-refractivity contribution in [2.45, 2.75) is 25.6 Å². The van der Waals surface area contributed by atoms with Gasteiger partial charge < -0.3 is 4.74 Å². The Balaban J connectivity index is 1.62. The third-order valence-corrected chi connectivity index (χ3v) is 3.97. The summed E-state index contributed by atoms with van der Waals surface area (Å²) >= 11 is 0. The summed E-state index contributed by atoms with van der Waals surface area (Å²) in [4.78, 5) is 26.0. The summed E-state index contributed by atoms with van der Waals surface area (Å²) in [5.41, 5.74) is 2.03. The number of ketones is 1. The van der Waals surface area contributed by atoms with E-state index in [1.807, 2.05) is 65.6 Å². The summed E-state index contributed by atoms with van der Waals surface area (Å²) in [6.45, 7) is 1.13. The third-order valence-electron chi connectivity index (χ3n) is 3.97. The van der Waals surface area contributed by atoms with Crippen LogP contribution in [0.25, 0.3) is 0 Å². The number of esters is 1. The summed E-state index contributed by atoms with van der Waals surface area (Å²) in [6.07, 6.45) is 0.237. The molecule has 1 atom stereocenters. The number of hydrogen-bond donors (Lipinski definition) is 0. The average molecular weight is 309 g/mol. The van der Waals surface area contributed by atoms with Gasteiger partial charge in [-0.2, -0.15) is 0 Å². The standard InChI is InChI=1S/C19H19NO3/c21-17-11-18(19(22)23-14-16-9-5-2-6-10-16)20(13-17)12-15-7-3-1-4-8-15/h1-10,18H,11-14H2/t18-/m0/s1. The molecule has 0 aromatic heterocycles. The Kier molecular flexibility index (Phi) is 4.83. The van der Waals surface area contributed by atoms with E-state index in [9.17, 15) is 9.59 Å². The molecule has 4 heteroatoms. The number of carbonyl (C=O) groups is 2. The van der Waals surface area contributed by atoms with Gasteiger partial charge in [0.25, 0.3) is 0 Å². The Labute approximate surface area is 135 Å². The fourth-order valence-corrected chi connectivity index (χ4v) is 2.79. The summed E-state index contributed by atoms with van der Waals surface area (Å²) in [5, 5.41) is 0. The molecule has 0 aliphatic carbocycles. The summed E-state index contributed by atoms with van der Waals surface area (Å²) in [5.74, 6) is -0.238. The van der Waals surface area contributed by atoms with E-state index in [1.54, 1.807) is 0 Å². The second-order valence-electron chi connectivity index (χ2n) is 5.74. The number of hydrogen-bond acceptors (Lipinski definition) is 4. The monoisotopic (exact) mass is 309 g/mol. The number of rotatable bonds is 5. The Morgan fingerprint density at radius 2 is 1.61 bits per heavy atom. The van der Waals surface area contributed by atoms with Crippen LogP contribution in [0.1, 0.15) is 17.5 Å². The molecular weight excluding hydrogens is 290 g/mol. The van der Waals surface area contributed by atoms with Crippen molar-refractivity contribution < 1.29 is 14.3 Å². The summed E-state index contributed by atoms with van der Waals surface area (Å²) < 4.78 is 5.40. The molecule has 0 saturated carbocycles. The smallest absolute Gasteiger partial charge is 0.324 e. The van der Waals surface area contributed by atoms with Crippen LogP contribution >= 0.6 is 0 Å². The number of carbonyl (C=O) groups excluding carboxylic acids is 2. The maximum absolute atomic E-state index is 12.3. The lowest BCUT2D eigenvalue weighted by molar-refractivity contribution is -0.150. The molecule has 0 radical (unpaired) electrons. The summed E-state index contributed by atoms with van der Waals surface area (Å²) in [6, 6.07) is 18.9. The van der Waals surface area contributed by atoms with Crippen molar-refractivity contribution in [1.29, 1.82) is 0 Å². The normalized spacial score (nSPS) is 18.1. The Bertz CT molecular complexity index is 670. The molecule has 1 heterocycles. The van der Waals surface area contributed by atoms with E-state index in [0.717, 1.165) is 11.1 Å². The van der Waals surface area contributed by atoms with E-state index in [1.165, 1.54) is 0 Å². The van der Waals surface area contributed by atoms with Crippen LogP contribution in [-0.4, -0.2) is 29.2 Å². The van der Waals surface area contributed by atoms with E-state index in [4.69, 9.17) is 4.74 Å². The molecule has 2 aromatic rings. The lowest BCUT2D eigenvalue weighted by Crippen LogP contribution is -2.36. The molecule has 1 saturated heterocycles. The zero-order chi connectivity index (χ0) is 16.1. The quantitative estimate of drug-likeness (QED) is 0.797. The Morgan fingerprint density at radius 3 is 2.26 bits per heavy atom. The Hall–Kier alpha value is -2.46. The number of benzene rings is 2. The highest BCUT2D eigenvalue weighted by Gasteiger charge is 2.36. The van der Waals surface area contributed by atoms with Crippen molar-refractivity contribution in [3.63, 3.8) is 0 Å². The third kappa shape index (κ3) is 4.05. The predicted molar refractivity (Wildman–Crippen MR) is 86.5 cm³/mol. The first-order valence-electron chi connectivity index (χ1n) is 7.72. The van der Waals surface area contributed by atoms with Gasteiger partial charge in [-0.05, 0) is 11.1 Å². The molecule has 0 N–H and O–H groups in total. The molecule has 0 bridgehead atoms. The van der Waals surface area contributed by atoms with Crippen LogP contribution in [0.3, 0.4) is 0 Å². The highest BCUT2D eigenvalue weighted by Crippen LogP contribution is 2.19. The van der Waals surface area contributed by atoms with Crippen molar-refractivity contribution in [2.24, 2.45) is 0 Å². The van der Waals surface area contributed by atoms with Crippen molar-refractivity contribution in [3.05, 3.63) is 71.8 Å². The predicted octanol–water partition coefficient (Wildman–Crippen LogP) is 2.57. The fourth-order valence-electron chi connectivity index (χ4n) is 2.79. The van der Waals surface area contributed by atoms with E-state index in [2.05, 4.69) is 0 Å². The molecule has 23 heavy (non-hydrogen) atoms. The highest BCUT2D eigenvalue weighted by atomic mass is 16.5. The van der Waals surface area contributed by atoms with Gasteiger partial charge in [-0.15, -0.1) is 0 Å². The summed E-state index contributed by atoms with van der Waals surface area (Å²) in [7, 11) is 0. The first-order chi connectivity index (χ1) is 11.2. The Morgan fingerprint density at radius 1 is 1.00 bits per heavy atom. The molecule has 0 unspecified atom stereocenters. The number of Topliss-reactive ketones (excluding diaryl/α,β-unsaturated/α-hetero) is 1. The van der Waals surface area contributed by atoms with E-state index >= 15 is 0 Å². The van der Waals surface area contributed by atoms with Gasteiger partial charge in [0.15, 0.2) is 0 Å². The molecule has 4 nitrogen and oxygen atoms in total. The maximum atomic E-state index is 12.3. The van der Waals surface area contributed by atoms with Gasteiger partial charge in [0, 0.05) is 13.0 Å². The number of likely N-dealkylation sites (tertiary alicyclic amines) is 1. The highest BCUT2D eigenvalue weighted by molar-refractivity contribution is 5.91. The van der Waals surface area contributed by atoms with Crippen LogP contribution in [0.5, 0.6) is 0 Å². The second-order valence-corrected chi connectivity index (χ2v) is 5.74. The first kappa shape index (κ1) is 15.4. The minimum Gasteiger partial charge on any atom is -0.460 e. The number of ether oxygens (including phenoxy) is 1. The zero-order valence-corrected chi connectivity index (χ0v) is 12.9. The van der Waals surface area contributed by atoms with Gasteiger partial charge in [0.1, 0.15) is 18.4 Å². The molecule has 0 amide bonds. The van der Waals surface area contributed by atoms with Gasteiger partial charge in [0.2, 0.25) is 0 Å². The van der Waals surface area contributed by atoms with Crippen LogP contribution in [-0.2, 0) is 27.5 Å². The van der Waals surface area contributed by atoms with Crippen molar-refractivity contribution in [1.82, 2.24) is 4.90 Å². The van der Waals surface area contributed by atoms with Gasteiger partial charge in [-0.1, -0.05) is 60.7 Å². The molecule has 1 aliphatic heterocycles. The molecule has 3 rings (SSSR count). The molecule has 1 aliphatic rings. The van der Waals surface area contributed by atoms with E-state index in [0.29, 0.717) is 13.1 Å². The van der Waals surface area contributed by atoms with Gasteiger partial charge in [-0.3, -0.25) is 14.5 Å².